The van der Waals surface area contributed by atoms with E-state index in [2.05, 4.69) is 10.1 Å². The molecule has 132 valence electrons. The van der Waals surface area contributed by atoms with Gasteiger partial charge in [-0.15, -0.1) is 0 Å². The van der Waals surface area contributed by atoms with Crippen LogP contribution < -0.4 is 4.74 Å². The first-order valence-corrected chi connectivity index (χ1v) is 8.96. The number of hydrogen-bond donors (Lipinski definition) is 0. The summed E-state index contributed by atoms with van der Waals surface area (Å²) in [6, 6.07) is 1.91. The lowest BCUT2D eigenvalue weighted by molar-refractivity contribution is -0.134. The lowest BCUT2D eigenvalue weighted by Gasteiger charge is -2.32. The van der Waals surface area contributed by atoms with Gasteiger partial charge in [0.1, 0.15) is 11.9 Å². The van der Waals surface area contributed by atoms with Crippen molar-refractivity contribution < 1.29 is 9.53 Å². The molecular formula is C19H24N4O2. The molecule has 0 N–H and O–H groups in total. The molecule has 2 aliphatic rings. The highest BCUT2D eigenvalue weighted by Gasteiger charge is 2.46. The van der Waals surface area contributed by atoms with Gasteiger partial charge in [0.15, 0.2) is 0 Å². The number of pyridine rings is 1. The largest absolute Gasteiger partial charge is 0.490 e. The lowest BCUT2D eigenvalue weighted by Crippen LogP contribution is -2.42. The van der Waals surface area contributed by atoms with Crippen LogP contribution in [0.2, 0.25) is 0 Å². The van der Waals surface area contributed by atoms with Gasteiger partial charge < -0.3 is 9.64 Å². The fourth-order valence-electron chi connectivity index (χ4n) is 3.67. The molecule has 1 saturated carbocycles. The number of piperidine rings is 1. The van der Waals surface area contributed by atoms with Crippen molar-refractivity contribution >= 4 is 5.91 Å². The molecule has 1 amide bonds. The Bertz CT molecular complexity index is 764. The van der Waals surface area contributed by atoms with Crippen molar-refractivity contribution in [2.24, 2.45) is 13.0 Å². The molecule has 6 heteroatoms. The topological polar surface area (TPSA) is 60.2 Å². The number of amides is 1. The molecule has 0 spiro atoms. The van der Waals surface area contributed by atoms with Gasteiger partial charge in [0.25, 0.3) is 0 Å². The first-order chi connectivity index (χ1) is 12.1. The summed E-state index contributed by atoms with van der Waals surface area (Å²) < 4.78 is 7.90. The standard InChI is InChI=1S/C19H24N4O2/c1-13-10-20-6-3-18(13)25-15-4-7-23(8-5-15)19(24)17-9-16(17)14-11-21-22(2)12-14/h3,6,10-12,15-17H,4-5,7-9H2,1-2H3/t16-,17+/m0/s1. The molecule has 0 bridgehead atoms. The molecule has 3 heterocycles. The lowest BCUT2D eigenvalue weighted by atomic mass is 10.1. The average Bonchev–Trinajstić information content (AvgIpc) is 3.31. The van der Waals surface area contributed by atoms with Crippen LogP contribution in [0.5, 0.6) is 5.75 Å². The highest BCUT2D eigenvalue weighted by molar-refractivity contribution is 5.83. The molecule has 2 aromatic rings. The predicted octanol–water partition coefficient (Wildman–Crippen LogP) is 2.30. The molecule has 2 fully saturated rings. The Balaban J connectivity index is 1.29. The van der Waals surface area contributed by atoms with Crippen LogP contribution in [-0.2, 0) is 11.8 Å². The minimum atomic E-state index is 0.143. The Labute approximate surface area is 147 Å². The molecule has 1 saturated heterocycles. The third-order valence-electron chi connectivity index (χ3n) is 5.28. The molecule has 0 unspecified atom stereocenters. The predicted molar refractivity (Wildman–Crippen MR) is 93.3 cm³/mol. The van der Waals surface area contributed by atoms with Crippen LogP contribution in [0.25, 0.3) is 0 Å². The van der Waals surface area contributed by atoms with E-state index in [1.54, 1.807) is 10.9 Å². The number of hydrogen-bond acceptors (Lipinski definition) is 4. The fraction of sp³-hybridized carbons (Fsp3) is 0.526. The summed E-state index contributed by atoms with van der Waals surface area (Å²) in [5, 5.41) is 4.21. The van der Waals surface area contributed by atoms with Crippen LogP contribution in [0.15, 0.2) is 30.9 Å². The van der Waals surface area contributed by atoms with Crippen molar-refractivity contribution in [3.63, 3.8) is 0 Å². The van der Waals surface area contributed by atoms with Crippen molar-refractivity contribution in [2.45, 2.75) is 38.2 Å². The monoisotopic (exact) mass is 340 g/mol. The van der Waals surface area contributed by atoms with Gasteiger partial charge in [-0.2, -0.15) is 5.10 Å². The minimum Gasteiger partial charge on any atom is -0.490 e. The van der Waals surface area contributed by atoms with Crippen LogP contribution >= 0.6 is 0 Å². The van der Waals surface area contributed by atoms with Crippen molar-refractivity contribution in [3.05, 3.63) is 42.0 Å². The zero-order valence-electron chi connectivity index (χ0n) is 14.8. The Morgan fingerprint density at radius 1 is 1.28 bits per heavy atom. The summed E-state index contributed by atoms with van der Waals surface area (Å²) in [6.45, 7) is 3.57. The minimum absolute atomic E-state index is 0.143. The van der Waals surface area contributed by atoms with Crippen LogP contribution in [0, 0.1) is 12.8 Å². The van der Waals surface area contributed by atoms with E-state index in [1.165, 1.54) is 5.56 Å². The number of rotatable bonds is 4. The van der Waals surface area contributed by atoms with Gasteiger partial charge in [-0.05, 0) is 30.9 Å². The van der Waals surface area contributed by atoms with Crippen LogP contribution in [-0.4, -0.2) is 44.8 Å². The smallest absolute Gasteiger partial charge is 0.226 e. The molecule has 25 heavy (non-hydrogen) atoms. The summed E-state index contributed by atoms with van der Waals surface area (Å²) in [7, 11) is 1.91. The fourth-order valence-corrected chi connectivity index (χ4v) is 3.67. The normalized spacial score (nSPS) is 23.5. The van der Waals surface area contributed by atoms with Crippen molar-refractivity contribution in [2.75, 3.05) is 13.1 Å². The van der Waals surface area contributed by atoms with Crippen LogP contribution in [0.4, 0.5) is 0 Å². The maximum absolute atomic E-state index is 12.7. The van der Waals surface area contributed by atoms with Crippen molar-refractivity contribution in [3.8, 4) is 5.75 Å². The molecule has 1 aliphatic carbocycles. The van der Waals surface area contributed by atoms with Gasteiger partial charge in [0.2, 0.25) is 5.91 Å². The first kappa shape index (κ1) is 16.1. The van der Waals surface area contributed by atoms with Gasteiger partial charge in [-0.25, -0.2) is 0 Å². The molecule has 1 aliphatic heterocycles. The van der Waals surface area contributed by atoms with Crippen molar-refractivity contribution in [1.29, 1.82) is 0 Å². The quantitative estimate of drug-likeness (QED) is 0.857. The second kappa shape index (κ2) is 6.50. The van der Waals surface area contributed by atoms with Gasteiger partial charge in [0, 0.05) is 63.1 Å². The molecule has 2 aromatic heterocycles. The van der Waals surface area contributed by atoms with E-state index < -0.39 is 0 Å². The van der Waals surface area contributed by atoms with E-state index >= 15 is 0 Å². The molecule has 0 aromatic carbocycles. The number of carbonyl (C=O) groups excluding carboxylic acids is 1. The van der Waals surface area contributed by atoms with Gasteiger partial charge in [-0.3, -0.25) is 14.5 Å². The molecule has 2 atom stereocenters. The van der Waals surface area contributed by atoms with E-state index in [-0.39, 0.29) is 12.0 Å². The number of aromatic nitrogens is 3. The average molecular weight is 340 g/mol. The summed E-state index contributed by atoms with van der Waals surface area (Å²) >= 11 is 0. The van der Waals surface area contributed by atoms with Gasteiger partial charge >= 0.3 is 0 Å². The number of carbonyl (C=O) groups is 1. The van der Waals surface area contributed by atoms with Gasteiger partial charge in [0.05, 0.1) is 6.20 Å². The highest BCUT2D eigenvalue weighted by atomic mass is 16.5. The van der Waals surface area contributed by atoms with Crippen molar-refractivity contribution in [1.82, 2.24) is 19.7 Å². The highest BCUT2D eigenvalue weighted by Crippen LogP contribution is 2.48. The Morgan fingerprint density at radius 3 is 2.76 bits per heavy atom. The summed E-state index contributed by atoms with van der Waals surface area (Å²) in [6.07, 6.45) is 10.4. The maximum atomic E-state index is 12.7. The molecule has 0 radical (unpaired) electrons. The Kier molecular flexibility index (Phi) is 4.19. The number of nitrogens with zero attached hydrogens (tertiary/aromatic N) is 4. The zero-order chi connectivity index (χ0) is 17.4. The summed E-state index contributed by atoms with van der Waals surface area (Å²) in [5.74, 6) is 1.70. The molecular weight excluding hydrogens is 316 g/mol. The zero-order valence-corrected chi connectivity index (χ0v) is 14.8. The van der Waals surface area contributed by atoms with E-state index in [0.717, 1.165) is 43.7 Å². The number of ether oxygens (including phenoxy) is 1. The molecule has 6 nitrogen and oxygen atoms in total. The summed E-state index contributed by atoms with van der Waals surface area (Å²) in [4.78, 5) is 18.8. The number of likely N-dealkylation sites (tertiary alicyclic amines) is 1. The van der Waals surface area contributed by atoms with E-state index in [1.807, 2.05) is 43.5 Å². The third-order valence-corrected chi connectivity index (χ3v) is 5.28. The Morgan fingerprint density at radius 2 is 2.08 bits per heavy atom. The van der Waals surface area contributed by atoms with Crippen LogP contribution in [0.1, 0.15) is 36.3 Å². The second-order valence-corrected chi connectivity index (χ2v) is 7.18. The summed E-state index contributed by atoms with van der Waals surface area (Å²) in [5.41, 5.74) is 2.24. The SMILES string of the molecule is Cc1cnccc1OC1CCN(C(=O)[C@@H]2C[C@H]2c2cnn(C)c2)CC1. The van der Waals surface area contributed by atoms with Crippen LogP contribution in [0.3, 0.4) is 0 Å². The van der Waals surface area contributed by atoms with Gasteiger partial charge in [-0.1, -0.05) is 0 Å². The first-order valence-electron chi connectivity index (χ1n) is 8.96. The molecule has 4 rings (SSSR count). The van der Waals surface area contributed by atoms with E-state index in [4.69, 9.17) is 4.74 Å². The Hall–Kier alpha value is -2.37. The number of aryl methyl sites for hydroxylation is 2. The third kappa shape index (κ3) is 3.38. The maximum Gasteiger partial charge on any atom is 0.226 e. The van der Waals surface area contributed by atoms with E-state index in [9.17, 15) is 4.79 Å². The second-order valence-electron chi connectivity index (χ2n) is 7.18. The van der Waals surface area contributed by atoms with E-state index in [0.29, 0.717) is 11.8 Å².